The molecule has 0 aliphatic rings. The molecule has 1 amide bonds. The molecule has 5 heteroatoms. The monoisotopic (exact) mass is 376 g/mol. The standard InChI is InChI=1S/C18H21BrN2O2/c1-13(2)10-16(14-6-4-3-5-7-14)20-17(22)12-21-11-15(19)8-9-18(21)23/h3-9,11,13,16H,10,12H2,1-2H3,(H,20,22). The van der Waals surface area contributed by atoms with Gasteiger partial charge in [0.2, 0.25) is 5.91 Å². The number of halogens is 1. The molecule has 1 heterocycles. The van der Waals surface area contributed by atoms with Crippen molar-refractivity contribution in [3.63, 3.8) is 0 Å². The normalized spacial score (nSPS) is 12.2. The smallest absolute Gasteiger partial charge is 0.251 e. The highest BCUT2D eigenvalue weighted by Crippen LogP contribution is 2.21. The molecule has 0 bridgehead atoms. The Bertz CT molecular complexity index is 710. The maximum Gasteiger partial charge on any atom is 0.251 e. The second-order valence-electron chi connectivity index (χ2n) is 5.97. The largest absolute Gasteiger partial charge is 0.348 e. The van der Waals surface area contributed by atoms with Gasteiger partial charge in [-0.2, -0.15) is 0 Å². The Morgan fingerprint density at radius 2 is 1.87 bits per heavy atom. The van der Waals surface area contributed by atoms with E-state index < -0.39 is 0 Å². The van der Waals surface area contributed by atoms with Gasteiger partial charge in [-0.3, -0.25) is 9.59 Å². The number of carbonyl (C=O) groups excluding carboxylic acids is 1. The summed E-state index contributed by atoms with van der Waals surface area (Å²) in [4.78, 5) is 24.2. The van der Waals surface area contributed by atoms with Crippen molar-refractivity contribution < 1.29 is 4.79 Å². The van der Waals surface area contributed by atoms with Crippen molar-refractivity contribution in [1.82, 2.24) is 9.88 Å². The number of amides is 1. The van der Waals surface area contributed by atoms with Gasteiger partial charge in [-0.25, -0.2) is 0 Å². The molecule has 122 valence electrons. The average Bonchev–Trinajstić information content (AvgIpc) is 2.51. The number of carbonyl (C=O) groups is 1. The van der Waals surface area contributed by atoms with E-state index in [0.717, 1.165) is 16.5 Å². The van der Waals surface area contributed by atoms with E-state index in [1.165, 1.54) is 10.6 Å². The molecule has 0 fully saturated rings. The Morgan fingerprint density at radius 1 is 1.17 bits per heavy atom. The lowest BCUT2D eigenvalue weighted by Gasteiger charge is -2.21. The van der Waals surface area contributed by atoms with Crippen LogP contribution in [0.4, 0.5) is 0 Å². The quantitative estimate of drug-likeness (QED) is 0.838. The second-order valence-corrected chi connectivity index (χ2v) is 6.89. The minimum Gasteiger partial charge on any atom is -0.348 e. The van der Waals surface area contributed by atoms with Crippen LogP contribution in [-0.4, -0.2) is 10.5 Å². The molecule has 1 unspecified atom stereocenters. The van der Waals surface area contributed by atoms with Crippen LogP contribution in [0.15, 0.2) is 57.9 Å². The summed E-state index contributed by atoms with van der Waals surface area (Å²) in [7, 11) is 0. The van der Waals surface area contributed by atoms with Gasteiger partial charge in [0.1, 0.15) is 6.54 Å². The maximum atomic E-state index is 12.4. The fourth-order valence-corrected chi connectivity index (χ4v) is 2.83. The molecule has 0 spiro atoms. The number of hydrogen-bond acceptors (Lipinski definition) is 2. The van der Waals surface area contributed by atoms with Crippen molar-refractivity contribution in [3.8, 4) is 0 Å². The first-order valence-electron chi connectivity index (χ1n) is 7.66. The minimum absolute atomic E-state index is 0.0136. The Hall–Kier alpha value is -1.88. The van der Waals surface area contributed by atoms with Gasteiger partial charge < -0.3 is 9.88 Å². The van der Waals surface area contributed by atoms with Crippen molar-refractivity contribution >= 4 is 21.8 Å². The van der Waals surface area contributed by atoms with Gasteiger partial charge in [-0.05, 0) is 39.9 Å². The second kappa shape index (κ2) is 8.11. The van der Waals surface area contributed by atoms with Crippen LogP contribution < -0.4 is 10.9 Å². The van der Waals surface area contributed by atoms with Crippen LogP contribution >= 0.6 is 15.9 Å². The molecule has 0 aliphatic carbocycles. The Kier molecular flexibility index (Phi) is 6.16. The Labute approximate surface area is 144 Å². The van der Waals surface area contributed by atoms with Gasteiger partial charge in [0.25, 0.3) is 5.56 Å². The molecule has 4 nitrogen and oxygen atoms in total. The van der Waals surface area contributed by atoms with Crippen molar-refractivity contribution in [3.05, 3.63) is 69.1 Å². The van der Waals surface area contributed by atoms with Crippen LogP contribution in [0.5, 0.6) is 0 Å². The van der Waals surface area contributed by atoms with E-state index in [2.05, 4.69) is 35.1 Å². The lowest BCUT2D eigenvalue weighted by atomic mass is 9.97. The third kappa shape index (κ3) is 5.36. The van der Waals surface area contributed by atoms with E-state index in [-0.39, 0.29) is 24.1 Å². The molecule has 23 heavy (non-hydrogen) atoms. The average molecular weight is 377 g/mol. The molecule has 0 saturated heterocycles. The third-order valence-corrected chi connectivity index (χ3v) is 3.97. The summed E-state index contributed by atoms with van der Waals surface area (Å²) in [5.74, 6) is 0.286. The lowest BCUT2D eigenvalue weighted by Crippen LogP contribution is -2.35. The zero-order chi connectivity index (χ0) is 16.8. The van der Waals surface area contributed by atoms with Crippen molar-refractivity contribution in [2.45, 2.75) is 32.9 Å². The van der Waals surface area contributed by atoms with Gasteiger partial charge in [0, 0.05) is 16.7 Å². The van der Waals surface area contributed by atoms with Gasteiger partial charge in [0.15, 0.2) is 0 Å². The zero-order valence-electron chi connectivity index (χ0n) is 13.3. The molecule has 0 saturated carbocycles. The molecule has 1 N–H and O–H groups in total. The van der Waals surface area contributed by atoms with Crippen LogP contribution in [0.1, 0.15) is 31.9 Å². The van der Waals surface area contributed by atoms with Gasteiger partial charge in [-0.15, -0.1) is 0 Å². The highest BCUT2D eigenvalue weighted by atomic mass is 79.9. The predicted octanol–water partition coefficient (Wildman–Crippen LogP) is 3.51. The fourth-order valence-electron chi connectivity index (χ4n) is 2.46. The topological polar surface area (TPSA) is 51.1 Å². The molecule has 1 aromatic carbocycles. The first kappa shape index (κ1) is 17.5. The molecule has 2 rings (SSSR count). The van der Waals surface area contributed by atoms with Crippen molar-refractivity contribution in [2.24, 2.45) is 5.92 Å². The highest BCUT2D eigenvalue weighted by Gasteiger charge is 2.16. The maximum absolute atomic E-state index is 12.4. The van der Waals surface area contributed by atoms with Crippen molar-refractivity contribution in [1.29, 1.82) is 0 Å². The molecule has 1 atom stereocenters. The summed E-state index contributed by atoms with van der Waals surface area (Å²) in [6, 6.07) is 13.0. The van der Waals surface area contributed by atoms with E-state index >= 15 is 0 Å². The van der Waals surface area contributed by atoms with Crippen LogP contribution in [0.2, 0.25) is 0 Å². The number of aromatic nitrogens is 1. The molecule has 2 aromatic rings. The summed E-state index contributed by atoms with van der Waals surface area (Å²) in [5, 5.41) is 3.05. The number of rotatable bonds is 6. The minimum atomic E-state index is -0.191. The number of pyridine rings is 1. The summed E-state index contributed by atoms with van der Waals surface area (Å²) in [6.45, 7) is 4.27. The van der Waals surface area contributed by atoms with E-state index in [1.807, 2.05) is 30.3 Å². The number of nitrogens with zero attached hydrogens (tertiary/aromatic N) is 1. The van der Waals surface area contributed by atoms with E-state index in [9.17, 15) is 9.59 Å². The van der Waals surface area contributed by atoms with Gasteiger partial charge in [-0.1, -0.05) is 44.2 Å². The first-order chi connectivity index (χ1) is 11.0. The first-order valence-corrected chi connectivity index (χ1v) is 8.45. The molecule has 0 radical (unpaired) electrons. The Balaban J connectivity index is 2.11. The molecule has 0 aliphatic heterocycles. The summed E-state index contributed by atoms with van der Waals surface area (Å²) in [5.41, 5.74) is 0.889. The van der Waals surface area contributed by atoms with E-state index in [1.54, 1.807) is 12.3 Å². The summed E-state index contributed by atoms with van der Waals surface area (Å²) >= 11 is 3.32. The molecular weight excluding hydrogens is 356 g/mol. The lowest BCUT2D eigenvalue weighted by molar-refractivity contribution is -0.122. The van der Waals surface area contributed by atoms with E-state index in [0.29, 0.717) is 5.92 Å². The van der Waals surface area contributed by atoms with Crippen LogP contribution in [0.3, 0.4) is 0 Å². The zero-order valence-corrected chi connectivity index (χ0v) is 14.9. The van der Waals surface area contributed by atoms with E-state index in [4.69, 9.17) is 0 Å². The van der Waals surface area contributed by atoms with Crippen LogP contribution in [0, 0.1) is 5.92 Å². The van der Waals surface area contributed by atoms with Crippen LogP contribution in [0.25, 0.3) is 0 Å². The highest BCUT2D eigenvalue weighted by molar-refractivity contribution is 9.10. The van der Waals surface area contributed by atoms with Gasteiger partial charge in [0.05, 0.1) is 6.04 Å². The van der Waals surface area contributed by atoms with Gasteiger partial charge >= 0.3 is 0 Å². The Morgan fingerprint density at radius 3 is 2.52 bits per heavy atom. The third-order valence-electron chi connectivity index (χ3n) is 3.51. The fraction of sp³-hybridized carbons (Fsp3) is 0.333. The van der Waals surface area contributed by atoms with Crippen molar-refractivity contribution in [2.75, 3.05) is 0 Å². The predicted molar refractivity (Wildman–Crippen MR) is 95.2 cm³/mol. The number of benzene rings is 1. The summed E-state index contributed by atoms with van der Waals surface area (Å²) in [6.07, 6.45) is 2.48. The molecule has 1 aromatic heterocycles. The van der Waals surface area contributed by atoms with Crippen LogP contribution in [-0.2, 0) is 11.3 Å². The SMILES string of the molecule is CC(C)CC(NC(=O)Cn1cc(Br)ccc1=O)c1ccccc1. The summed E-state index contributed by atoms with van der Waals surface area (Å²) < 4.78 is 2.17. The molecular formula is C18H21BrN2O2. The number of nitrogens with one attached hydrogen (secondary N) is 1. The number of hydrogen-bond donors (Lipinski definition) is 1.